The summed E-state index contributed by atoms with van der Waals surface area (Å²) in [6, 6.07) is -0.936. The minimum atomic E-state index is -1.06. The molecule has 15 heavy (non-hydrogen) atoms. The summed E-state index contributed by atoms with van der Waals surface area (Å²) in [5, 5.41) is 24.5. The second-order valence-electron chi connectivity index (χ2n) is 3.81. The normalized spacial score (nSPS) is 45.3. The lowest BCUT2D eigenvalue weighted by Crippen LogP contribution is -2.70. The molecule has 7 heteroatoms. The molecule has 2 aliphatic rings. The first kappa shape index (κ1) is 10.6. The molecule has 0 unspecified atom stereocenters. The predicted octanol–water partition coefficient (Wildman–Crippen LogP) is -2.88. The Balaban J connectivity index is 2.11. The summed E-state index contributed by atoms with van der Waals surface area (Å²) < 4.78 is 5.46. The molecule has 2 amide bonds. The second kappa shape index (κ2) is 3.93. The number of aliphatic hydroxyl groups is 2. The largest absolute Gasteiger partial charge is 0.388 e. The molecule has 5 atom stereocenters. The van der Waals surface area contributed by atoms with E-state index in [4.69, 9.17) is 10.5 Å². The highest BCUT2D eigenvalue weighted by Gasteiger charge is 2.46. The summed E-state index contributed by atoms with van der Waals surface area (Å²) in [5.41, 5.74) is 5.40. The summed E-state index contributed by atoms with van der Waals surface area (Å²) in [6.07, 6.45) is -3.04. The number of nitrogens with one attached hydrogen (secondary N) is 2. The van der Waals surface area contributed by atoms with E-state index in [1.807, 2.05) is 0 Å². The highest BCUT2D eigenvalue weighted by Crippen LogP contribution is 2.21. The van der Waals surface area contributed by atoms with Crippen molar-refractivity contribution in [3.63, 3.8) is 0 Å². The lowest BCUT2D eigenvalue weighted by atomic mass is 9.91. The number of carbonyl (C=O) groups excluding carboxylic acids is 1. The van der Waals surface area contributed by atoms with Crippen LogP contribution in [0.5, 0.6) is 0 Å². The number of amides is 2. The zero-order chi connectivity index (χ0) is 11.0. The molecule has 0 aromatic heterocycles. The summed E-state index contributed by atoms with van der Waals surface area (Å²) in [5.74, 6) is 0. The van der Waals surface area contributed by atoms with E-state index < -0.39 is 24.4 Å². The topological polar surface area (TPSA) is 117 Å². The van der Waals surface area contributed by atoms with Crippen molar-refractivity contribution in [3.8, 4) is 0 Å². The van der Waals surface area contributed by atoms with Crippen molar-refractivity contribution in [1.29, 1.82) is 0 Å². The van der Waals surface area contributed by atoms with Crippen LogP contribution in [0.25, 0.3) is 0 Å². The number of ether oxygens (including phenoxy) is 1. The van der Waals surface area contributed by atoms with E-state index in [1.165, 1.54) is 0 Å². The van der Waals surface area contributed by atoms with Gasteiger partial charge in [0.2, 0.25) is 0 Å². The first-order valence-corrected chi connectivity index (χ1v) is 4.89. The summed E-state index contributed by atoms with van der Waals surface area (Å²) in [4.78, 5) is 11.0. The van der Waals surface area contributed by atoms with Gasteiger partial charge in [-0.15, -0.1) is 0 Å². The van der Waals surface area contributed by atoms with E-state index in [9.17, 15) is 15.0 Å². The van der Waals surface area contributed by atoms with Crippen molar-refractivity contribution in [1.82, 2.24) is 10.6 Å². The molecule has 0 bridgehead atoms. The molecule has 2 rings (SSSR count). The number of rotatable bonds is 1. The molecule has 2 aliphatic heterocycles. The van der Waals surface area contributed by atoms with Crippen LogP contribution in [0.3, 0.4) is 0 Å². The number of urea groups is 1. The molecular formula is C8H15N3O4. The van der Waals surface area contributed by atoms with Gasteiger partial charge in [-0.25, -0.2) is 4.79 Å². The maximum absolute atomic E-state index is 11.0. The van der Waals surface area contributed by atoms with Gasteiger partial charge in [0.25, 0.3) is 0 Å². The molecule has 0 spiro atoms. The maximum Gasteiger partial charge on any atom is 0.315 e. The lowest BCUT2D eigenvalue weighted by Gasteiger charge is -2.45. The van der Waals surface area contributed by atoms with E-state index >= 15 is 0 Å². The van der Waals surface area contributed by atoms with Gasteiger partial charge in [0, 0.05) is 13.1 Å². The van der Waals surface area contributed by atoms with Gasteiger partial charge in [-0.2, -0.15) is 0 Å². The number of carbonyl (C=O) groups is 1. The van der Waals surface area contributed by atoms with Gasteiger partial charge in [0.05, 0.1) is 18.2 Å². The quantitative estimate of drug-likeness (QED) is 0.323. The molecule has 2 saturated heterocycles. The molecule has 86 valence electrons. The number of aliphatic hydroxyl groups excluding tert-OH is 2. The zero-order valence-corrected chi connectivity index (χ0v) is 8.09. The van der Waals surface area contributed by atoms with Gasteiger partial charge >= 0.3 is 6.03 Å². The second-order valence-corrected chi connectivity index (χ2v) is 3.81. The number of hydrogen-bond acceptors (Lipinski definition) is 5. The van der Waals surface area contributed by atoms with E-state index in [1.54, 1.807) is 0 Å². The molecule has 6 N–H and O–H groups in total. The maximum atomic E-state index is 11.0. The summed E-state index contributed by atoms with van der Waals surface area (Å²) >= 11 is 0. The molecule has 0 radical (unpaired) electrons. The van der Waals surface area contributed by atoms with Crippen LogP contribution in [-0.4, -0.2) is 59.8 Å². The number of hydrogen-bond donors (Lipinski definition) is 5. The van der Waals surface area contributed by atoms with Crippen molar-refractivity contribution in [2.24, 2.45) is 5.73 Å². The average Bonchev–Trinajstić information content (AvgIpc) is 2.24. The number of fused-ring (bicyclic) bond motifs is 1. The Morgan fingerprint density at radius 1 is 1.47 bits per heavy atom. The van der Waals surface area contributed by atoms with Gasteiger partial charge in [0.15, 0.2) is 0 Å². The predicted molar refractivity (Wildman–Crippen MR) is 50.1 cm³/mol. The Bertz CT molecular complexity index is 260. The summed E-state index contributed by atoms with van der Waals surface area (Å²) in [6.45, 7) is 0.451. The third kappa shape index (κ3) is 1.78. The molecule has 2 fully saturated rings. The van der Waals surface area contributed by atoms with Gasteiger partial charge in [-0.05, 0) is 0 Å². The lowest BCUT2D eigenvalue weighted by molar-refractivity contribution is -0.180. The van der Waals surface area contributed by atoms with Gasteiger partial charge in [0.1, 0.15) is 12.2 Å². The molecule has 7 nitrogen and oxygen atoms in total. The van der Waals surface area contributed by atoms with Crippen LogP contribution in [0.1, 0.15) is 0 Å². The molecule has 0 aliphatic carbocycles. The van der Waals surface area contributed by atoms with Crippen molar-refractivity contribution in [2.75, 3.05) is 13.1 Å². The Kier molecular flexibility index (Phi) is 2.79. The van der Waals surface area contributed by atoms with Crippen LogP contribution < -0.4 is 16.4 Å². The standard InChI is InChI=1S/C8H15N3O4/c9-1-3-6(12)7(13)5-4(15-3)2-10-8(14)11-5/h3-7,12-13H,1-2,9H2,(H2,10,11,14)/t3-,4-,5+,6+,7-/m1/s1. The SMILES string of the molecule is NC[C@H]1O[C@@H]2CNC(=O)N[C@@H]2[C@@H](O)[C@H]1O. The van der Waals surface area contributed by atoms with Crippen molar-refractivity contribution < 1.29 is 19.7 Å². The molecular weight excluding hydrogens is 202 g/mol. The number of nitrogens with two attached hydrogens (primary N) is 1. The first-order chi connectivity index (χ1) is 7.13. The van der Waals surface area contributed by atoms with E-state index in [0.717, 1.165) is 0 Å². The molecule has 0 aromatic carbocycles. The van der Waals surface area contributed by atoms with Crippen molar-refractivity contribution in [3.05, 3.63) is 0 Å². The minimum Gasteiger partial charge on any atom is -0.388 e. The van der Waals surface area contributed by atoms with Crippen LogP contribution in [0.4, 0.5) is 4.79 Å². The van der Waals surface area contributed by atoms with Crippen LogP contribution in [-0.2, 0) is 4.74 Å². The fraction of sp³-hybridized carbons (Fsp3) is 0.875. The Hall–Kier alpha value is -0.890. The summed E-state index contributed by atoms with van der Waals surface area (Å²) in [7, 11) is 0. The third-order valence-corrected chi connectivity index (χ3v) is 2.84. The van der Waals surface area contributed by atoms with E-state index in [0.29, 0.717) is 6.54 Å². The van der Waals surface area contributed by atoms with Crippen molar-refractivity contribution in [2.45, 2.75) is 30.5 Å². The van der Waals surface area contributed by atoms with Crippen LogP contribution in [0, 0.1) is 0 Å². The Labute approximate surface area is 86.6 Å². The minimum absolute atomic E-state index is 0.134. The molecule has 2 heterocycles. The Morgan fingerprint density at radius 2 is 2.20 bits per heavy atom. The first-order valence-electron chi connectivity index (χ1n) is 4.89. The van der Waals surface area contributed by atoms with Gasteiger partial charge in [-0.3, -0.25) is 0 Å². The zero-order valence-electron chi connectivity index (χ0n) is 8.09. The van der Waals surface area contributed by atoms with Gasteiger partial charge < -0.3 is 31.3 Å². The highest BCUT2D eigenvalue weighted by molar-refractivity contribution is 5.75. The monoisotopic (exact) mass is 217 g/mol. The molecule has 0 aromatic rings. The smallest absolute Gasteiger partial charge is 0.315 e. The Morgan fingerprint density at radius 3 is 2.87 bits per heavy atom. The van der Waals surface area contributed by atoms with Crippen LogP contribution in [0.2, 0.25) is 0 Å². The van der Waals surface area contributed by atoms with E-state index in [-0.39, 0.29) is 18.7 Å². The van der Waals surface area contributed by atoms with Gasteiger partial charge in [-0.1, -0.05) is 0 Å². The van der Waals surface area contributed by atoms with Crippen molar-refractivity contribution >= 4 is 6.03 Å². The average molecular weight is 217 g/mol. The van der Waals surface area contributed by atoms with E-state index in [2.05, 4.69) is 10.6 Å². The fourth-order valence-corrected chi connectivity index (χ4v) is 1.99. The molecule has 0 saturated carbocycles. The van der Waals surface area contributed by atoms with Crippen LogP contribution in [0.15, 0.2) is 0 Å². The van der Waals surface area contributed by atoms with Crippen LogP contribution >= 0.6 is 0 Å². The third-order valence-electron chi connectivity index (χ3n) is 2.84. The highest BCUT2D eigenvalue weighted by atomic mass is 16.5. The fourth-order valence-electron chi connectivity index (χ4n) is 1.99.